The first-order valence-corrected chi connectivity index (χ1v) is 11.1. The molecule has 0 aliphatic carbocycles. The molecule has 9 heteroatoms. The number of thioether (sulfide) groups is 1. The molecule has 2 amide bonds. The number of rotatable bonds is 8. The molecule has 0 spiro atoms. The van der Waals surface area contributed by atoms with E-state index >= 15 is 0 Å². The molecule has 32 heavy (non-hydrogen) atoms. The molecular formula is C23H27N3O5S. The minimum atomic E-state index is -0.517. The lowest BCUT2D eigenvalue weighted by molar-refractivity contribution is 0.187. The number of ether oxygens (including phenoxy) is 3. The van der Waals surface area contributed by atoms with Crippen LogP contribution in [0.15, 0.2) is 47.6 Å². The van der Waals surface area contributed by atoms with E-state index in [0.717, 1.165) is 23.3 Å². The maximum Gasteiger partial charge on any atom is 0.411 e. The summed E-state index contributed by atoms with van der Waals surface area (Å²) in [6.07, 6.45) is 0.896. The summed E-state index contributed by atoms with van der Waals surface area (Å²) in [5, 5.41) is 8.75. The number of nitrogens with one attached hydrogen (secondary N) is 1. The zero-order chi connectivity index (χ0) is 23.1. The third-order valence-corrected chi connectivity index (χ3v) is 6.29. The summed E-state index contributed by atoms with van der Waals surface area (Å²) in [4.78, 5) is 24.0. The Morgan fingerprint density at radius 3 is 2.44 bits per heavy atom. The van der Waals surface area contributed by atoms with Gasteiger partial charge in [0.2, 0.25) is 0 Å². The molecule has 170 valence electrons. The van der Waals surface area contributed by atoms with Gasteiger partial charge in [0.05, 0.1) is 32.3 Å². The van der Waals surface area contributed by atoms with Crippen LogP contribution in [0.4, 0.5) is 15.3 Å². The largest absolute Gasteiger partial charge is 0.493 e. The van der Waals surface area contributed by atoms with Crippen molar-refractivity contribution in [1.82, 2.24) is 5.01 Å². The van der Waals surface area contributed by atoms with Gasteiger partial charge >= 0.3 is 11.3 Å². The first-order valence-electron chi connectivity index (χ1n) is 10.2. The molecule has 0 fully saturated rings. The minimum Gasteiger partial charge on any atom is -0.493 e. The average molecular weight is 458 g/mol. The molecular weight excluding hydrogens is 430 g/mol. The van der Waals surface area contributed by atoms with E-state index in [1.165, 1.54) is 23.9 Å². The number of carbonyl (C=O) groups is 2. The van der Waals surface area contributed by atoms with Gasteiger partial charge in [-0.05, 0) is 48.7 Å². The van der Waals surface area contributed by atoms with Crippen molar-refractivity contribution in [1.29, 1.82) is 0 Å². The quantitative estimate of drug-likeness (QED) is 0.614. The Morgan fingerprint density at radius 2 is 1.81 bits per heavy atom. The summed E-state index contributed by atoms with van der Waals surface area (Å²) < 4.78 is 15.3. The first kappa shape index (κ1) is 23.5. The Labute approximate surface area is 191 Å². The Morgan fingerprint density at radius 1 is 1.09 bits per heavy atom. The molecule has 3 rings (SSSR count). The highest BCUT2D eigenvalue weighted by Gasteiger charge is 2.30. The molecule has 0 bridgehead atoms. The second kappa shape index (κ2) is 10.9. The highest BCUT2D eigenvalue weighted by Crippen LogP contribution is 2.33. The van der Waals surface area contributed by atoms with E-state index in [9.17, 15) is 9.59 Å². The van der Waals surface area contributed by atoms with Crippen LogP contribution in [0.1, 0.15) is 24.5 Å². The van der Waals surface area contributed by atoms with E-state index in [0.29, 0.717) is 30.2 Å². The molecule has 1 heterocycles. The van der Waals surface area contributed by atoms with E-state index in [-0.39, 0.29) is 10.5 Å². The van der Waals surface area contributed by atoms with Gasteiger partial charge in [0, 0.05) is 17.8 Å². The van der Waals surface area contributed by atoms with Crippen molar-refractivity contribution in [2.75, 3.05) is 33.2 Å². The minimum absolute atomic E-state index is 0.0273. The van der Waals surface area contributed by atoms with Crippen molar-refractivity contribution in [3.05, 3.63) is 53.6 Å². The Bertz CT molecular complexity index is 994. The summed E-state index contributed by atoms with van der Waals surface area (Å²) in [5.74, 6) is 1.27. The van der Waals surface area contributed by atoms with Gasteiger partial charge in [0.15, 0.2) is 11.5 Å². The van der Waals surface area contributed by atoms with Crippen molar-refractivity contribution in [3.63, 3.8) is 0 Å². The van der Waals surface area contributed by atoms with E-state index in [1.54, 1.807) is 26.4 Å². The number of nitrogens with zero attached hydrogens (tertiary/aromatic N) is 2. The van der Waals surface area contributed by atoms with Gasteiger partial charge < -0.3 is 14.2 Å². The zero-order valence-electron chi connectivity index (χ0n) is 18.6. The van der Waals surface area contributed by atoms with Crippen molar-refractivity contribution >= 4 is 34.5 Å². The molecule has 1 aliphatic rings. The topological polar surface area (TPSA) is 89.5 Å². The molecule has 0 aromatic heterocycles. The van der Waals surface area contributed by atoms with E-state index in [1.807, 2.05) is 37.3 Å². The molecule has 2 aromatic rings. The number of benzene rings is 2. The monoisotopic (exact) mass is 457 g/mol. The maximum absolute atomic E-state index is 12.7. The van der Waals surface area contributed by atoms with Gasteiger partial charge in [0.25, 0.3) is 0 Å². The molecule has 1 N–H and O–H groups in total. The lowest BCUT2D eigenvalue weighted by Gasteiger charge is -2.28. The molecule has 1 aliphatic heterocycles. The molecule has 0 radical (unpaired) electrons. The predicted octanol–water partition coefficient (Wildman–Crippen LogP) is 4.78. The number of anilines is 1. The average Bonchev–Trinajstić information content (AvgIpc) is 2.83. The van der Waals surface area contributed by atoms with E-state index in [2.05, 4.69) is 10.1 Å². The summed E-state index contributed by atoms with van der Waals surface area (Å²) in [6, 6.07) is 13.1. The van der Waals surface area contributed by atoms with E-state index < -0.39 is 6.09 Å². The van der Waals surface area contributed by atoms with Crippen molar-refractivity contribution in [2.45, 2.75) is 25.0 Å². The zero-order valence-corrected chi connectivity index (χ0v) is 19.4. The van der Waals surface area contributed by atoms with Crippen LogP contribution in [-0.4, -0.2) is 55.2 Å². The fourth-order valence-corrected chi connectivity index (χ4v) is 4.25. The van der Waals surface area contributed by atoms with Gasteiger partial charge in [-0.1, -0.05) is 30.8 Å². The molecule has 0 saturated carbocycles. The predicted molar refractivity (Wildman–Crippen MR) is 126 cm³/mol. The maximum atomic E-state index is 12.7. The van der Waals surface area contributed by atoms with Crippen LogP contribution in [0, 0.1) is 0 Å². The van der Waals surface area contributed by atoms with Crippen LogP contribution < -0.4 is 14.8 Å². The number of methoxy groups -OCH3 is 3. The summed E-state index contributed by atoms with van der Waals surface area (Å²) in [6.45, 7) is 2.49. The fourth-order valence-electron chi connectivity index (χ4n) is 3.29. The Hall–Kier alpha value is -3.20. The first-order chi connectivity index (χ1) is 15.5. The highest BCUT2D eigenvalue weighted by atomic mass is 32.2. The van der Waals surface area contributed by atoms with Crippen LogP contribution in [-0.2, 0) is 11.2 Å². The van der Waals surface area contributed by atoms with Crippen LogP contribution in [0.2, 0.25) is 0 Å². The standard InChI is InChI=1S/C23H27N3O5S/c1-5-20-21(16-8-11-18(29-2)19(14-16)30-3)25-26(23(28)32-20)13-12-15-6-9-17(10-7-15)24-22(27)31-4/h6-11,14,20H,5,12-13H2,1-4H3,(H,24,27). The van der Waals surface area contributed by atoms with Gasteiger partial charge in [0.1, 0.15) is 0 Å². The molecule has 1 atom stereocenters. The third kappa shape index (κ3) is 5.53. The van der Waals surface area contributed by atoms with Gasteiger partial charge in [-0.2, -0.15) is 5.10 Å². The smallest absolute Gasteiger partial charge is 0.411 e. The van der Waals surface area contributed by atoms with Gasteiger partial charge in [-0.15, -0.1) is 0 Å². The number of amides is 2. The van der Waals surface area contributed by atoms with Crippen LogP contribution in [0.3, 0.4) is 0 Å². The summed E-state index contributed by atoms with van der Waals surface area (Å²) in [7, 11) is 4.51. The number of hydrogen-bond donors (Lipinski definition) is 1. The van der Waals surface area contributed by atoms with E-state index in [4.69, 9.17) is 14.6 Å². The molecule has 8 nitrogen and oxygen atoms in total. The SMILES string of the molecule is CCC1SC(=O)N(CCc2ccc(NC(=O)OC)cc2)N=C1c1ccc(OC)c(OC)c1. The Kier molecular flexibility index (Phi) is 7.99. The Balaban J connectivity index is 1.76. The lowest BCUT2D eigenvalue weighted by atomic mass is 10.0. The third-order valence-electron chi connectivity index (χ3n) is 5.04. The van der Waals surface area contributed by atoms with Crippen molar-refractivity contribution < 1.29 is 23.8 Å². The van der Waals surface area contributed by atoms with Crippen LogP contribution in [0.25, 0.3) is 0 Å². The number of hydrazone groups is 1. The van der Waals surface area contributed by atoms with Crippen molar-refractivity contribution in [2.24, 2.45) is 5.10 Å². The molecule has 1 unspecified atom stereocenters. The fraction of sp³-hybridized carbons (Fsp3) is 0.348. The molecule has 2 aromatic carbocycles. The van der Waals surface area contributed by atoms with Crippen molar-refractivity contribution in [3.8, 4) is 11.5 Å². The lowest BCUT2D eigenvalue weighted by Crippen LogP contribution is -2.36. The second-order valence-corrected chi connectivity index (χ2v) is 8.18. The van der Waals surface area contributed by atoms with Gasteiger partial charge in [-0.3, -0.25) is 10.1 Å². The van der Waals surface area contributed by atoms with Gasteiger partial charge in [-0.25, -0.2) is 9.80 Å². The summed E-state index contributed by atoms with van der Waals surface area (Å²) in [5.41, 5.74) is 3.41. The summed E-state index contributed by atoms with van der Waals surface area (Å²) >= 11 is 1.29. The van der Waals surface area contributed by atoms with Crippen LogP contribution >= 0.6 is 11.8 Å². The normalized spacial score (nSPS) is 15.8. The number of carbonyl (C=O) groups excluding carboxylic acids is 2. The van der Waals surface area contributed by atoms with Crippen LogP contribution in [0.5, 0.6) is 11.5 Å². The number of hydrogen-bond acceptors (Lipinski definition) is 7. The molecule has 0 saturated heterocycles. The highest BCUT2D eigenvalue weighted by molar-refractivity contribution is 8.14. The second-order valence-electron chi connectivity index (χ2n) is 7.02.